The summed E-state index contributed by atoms with van der Waals surface area (Å²) in [4.78, 5) is 14.2. The monoisotopic (exact) mass is 278 g/mol. The van der Waals surface area contributed by atoms with Crippen molar-refractivity contribution in [2.45, 2.75) is 39.0 Å². The molecule has 1 fully saturated rings. The van der Waals surface area contributed by atoms with Crippen LogP contribution in [0.5, 0.6) is 5.75 Å². The number of amides is 2. The Kier molecular flexibility index (Phi) is 4.18. The highest BCUT2D eigenvalue weighted by atomic mass is 16.5. The molecule has 0 aromatic heterocycles. The zero-order valence-corrected chi connectivity index (χ0v) is 12.5. The molecule has 0 saturated carbocycles. The van der Waals surface area contributed by atoms with Gasteiger partial charge >= 0.3 is 6.03 Å². The molecule has 1 aromatic rings. The minimum Gasteiger partial charge on any atom is -0.497 e. The molecule has 20 heavy (non-hydrogen) atoms. The number of nitrogens with zero attached hydrogens (tertiary/aromatic N) is 1. The van der Waals surface area contributed by atoms with E-state index in [1.807, 2.05) is 38.1 Å². The standard InChI is InChI=1S/C15H22N2O3/c1-5-12-10-20-15(2,3)17(12)14(18)16-11-6-8-13(19-4)9-7-11/h6-9,12H,5,10H2,1-4H3,(H,16,18). The number of nitrogens with one attached hydrogen (secondary N) is 1. The summed E-state index contributed by atoms with van der Waals surface area (Å²) in [5, 5.41) is 2.91. The van der Waals surface area contributed by atoms with Gasteiger partial charge in [-0.2, -0.15) is 0 Å². The number of urea groups is 1. The lowest BCUT2D eigenvalue weighted by Gasteiger charge is -2.33. The predicted molar refractivity (Wildman–Crippen MR) is 78.0 cm³/mol. The number of carbonyl (C=O) groups excluding carboxylic acids is 1. The van der Waals surface area contributed by atoms with Crippen LogP contribution in [0.3, 0.4) is 0 Å². The fourth-order valence-corrected chi connectivity index (χ4v) is 2.45. The molecule has 110 valence electrons. The first-order valence-electron chi connectivity index (χ1n) is 6.86. The second-order valence-electron chi connectivity index (χ2n) is 5.35. The Morgan fingerprint density at radius 2 is 2.10 bits per heavy atom. The molecule has 1 aliphatic rings. The Balaban J connectivity index is 2.09. The van der Waals surface area contributed by atoms with Gasteiger partial charge in [0.1, 0.15) is 11.5 Å². The number of methoxy groups -OCH3 is 1. The number of benzene rings is 1. The Morgan fingerprint density at radius 1 is 1.45 bits per heavy atom. The minimum absolute atomic E-state index is 0.114. The average Bonchev–Trinajstić information content (AvgIpc) is 2.74. The smallest absolute Gasteiger partial charge is 0.324 e. The Labute approximate surface area is 119 Å². The van der Waals surface area contributed by atoms with Crippen molar-refractivity contribution in [1.82, 2.24) is 4.90 Å². The first kappa shape index (κ1) is 14.7. The van der Waals surface area contributed by atoms with E-state index in [-0.39, 0.29) is 12.1 Å². The molecule has 0 aliphatic carbocycles. The third-order valence-electron chi connectivity index (χ3n) is 3.61. The van der Waals surface area contributed by atoms with Gasteiger partial charge in [-0.15, -0.1) is 0 Å². The van der Waals surface area contributed by atoms with Gasteiger partial charge in [0.2, 0.25) is 0 Å². The summed E-state index contributed by atoms with van der Waals surface area (Å²) in [6.45, 7) is 6.47. The highest BCUT2D eigenvalue weighted by Gasteiger charge is 2.42. The van der Waals surface area contributed by atoms with Crippen LogP contribution in [-0.4, -0.2) is 36.4 Å². The number of anilines is 1. The quantitative estimate of drug-likeness (QED) is 0.924. The topological polar surface area (TPSA) is 50.8 Å². The minimum atomic E-state index is -0.572. The molecule has 5 heteroatoms. The van der Waals surface area contributed by atoms with E-state index in [1.165, 1.54) is 0 Å². The Bertz CT molecular complexity index is 471. The van der Waals surface area contributed by atoms with Gasteiger partial charge in [0.15, 0.2) is 0 Å². The van der Waals surface area contributed by atoms with Gasteiger partial charge < -0.3 is 14.8 Å². The van der Waals surface area contributed by atoms with Crippen LogP contribution in [0.15, 0.2) is 24.3 Å². The summed E-state index contributed by atoms with van der Waals surface area (Å²) in [6, 6.07) is 7.26. The van der Waals surface area contributed by atoms with Crippen molar-refractivity contribution in [3.8, 4) is 5.75 Å². The lowest BCUT2D eigenvalue weighted by Crippen LogP contribution is -2.49. The van der Waals surface area contributed by atoms with E-state index < -0.39 is 5.72 Å². The van der Waals surface area contributed by atoms with E-state index in [4.69, 9.17) is 9.47 Å². The summed E-state index contributed by atoms with van der Waals surface area (Å²) in [7, 11) is 1.61. The highest BCUT2D eigenvalue weighted by molar-refractivity contribution is 5.90. The van der Waals surface area contributed by atoms with Gasteiger partial charge in [-0.25, -0.2) is 4.79 Å². The first-order chi connectivity index (χ1) is 9.47. The number of hydrogen-bond acceptors (Lipinski definition) is 3. The fraction of sp³-hybridized carbons (Fsp3) is 0.533. The first-order valence-corrected chi connectivity index (χ1v) is 6.86. The fourth-order valence-electron chi connectivity index (χ4n) is 2.45. The molecule has 5 nitrogen and oxygen atoms in total. The van der Waals surface area contributed by atoms with Crippen molar-refractivity contribution < 1.29 is 14.3 Å². The third kappa shape index (κ3) is 2.88. The lowest BCUT2D eigenvalue weighted by atomic mass is 10.2. The molecule has 1 unspecified atom stereocenters. The molecule has 1 heterocycles. The average molecular weight is 278 g/mol. The van der Waals surface area contributed by atoms with Gasteiger partial charge in [-0.05, 0) is 44.5 Å². The van der Waals surface area contributed by atoms with Gasteiger partial charge in [0, 0.05) is 5.69 Å². The SMILES string of the molecule is CCC1COC(C)(C)N1C(=O)Nc1ccc(OC)cc1. The van der Waals surface area contributed by atoms with E-state index in [9.17, 15) is 4.79 Å². The second-order valence-corrected chi connectivity index (χ2v) is 5.35. The maximum absolute atomic E-state index is 12.5. The second kappa shape index (κ2) is 5.71. The molecule has 2 amide bonds. The van der Waals surface area contributed by atoms with Crippen molar-refractivity contribution in [2.75, 3.05) is 19.0 Å². The van der Waals surface area contributed by atoms with Crippen LogP contribution in [0.1, 0.15) is 27.2 Å². The third-order valence-corrected chi connectivity index (χ3v) is 3.61. The summed E-state index contributed by atoms with van der Waals surface area (Å²) < 4.78 is 10.8. The number of ether oxygens (including phenoxy) is 2. The van der Waals surface area contributed by atoms with E-state index >= 15 is 0 Å². The van der Waals surface area contributed by atoms with Crippen molar-refractivity contribution in [3.05, 3.63) is 24.3 Å². The molecule has 0 spiro atoms. The molecule has 0 radical (unpaired) electrons. The maximum atomic E-state index is 12.5. The van der Waals surface area contributed by atoms with Crippen LogP contribution in [-0.2, 0) is 4.74 Å². The molecule has 1 N–H and O–H groups in total. The predicted octanol–water partition coefficient (Wildman–Crippen LogP) is 3.07. The zero-order valence-electron chi connectivity index (χ0n) is 12.5. The summed E-state index contributed by atoms with van der Waals surface area (Å²) >= 11 is 0. The van der Waals surface area contributed by atoms with Crippen LogP contribution < -0.4 is 10.1 Å². The van der Waals surface area contributed by atoms with Crippen LogP contribution in [0.2, 0.25) is 0 Å². The Morgan fingerprint density at radius 3 is 2.65 bits per heavy atom. The lowest BCUT2D eigenvalue weighted by molar-refractivity contribution is -0.0301. The molecule has 0 bridgehead atoms. The van der Waals surface area contributed by atoms with E-state index in [1.54, 1.807) is 12.0 Å². The number of rotatable bonds is 3. The molecule has 1 saturated heterocycles. The zero-order chi connectivity index (χ0) is 14.8. The van der Waals surface area contributed by atoms with Crippen molar-refractivity contribution in [2.24, 2.45) is 0 Å². The van der Waals surface area contributed by atoms with E-state index in [0.717, 1.165) is 17.9 Å². The highest BCUT2D eigenvalue weighted by Crippen LogP contribution is 2.29. The van der Waals surface area contributed by atoms with Crippen molar-refractivity contribution in [3.63, 3.8) is 0 Å². The molecular formula is C15H22N2O3. The Hall–Kier alpha value is -1.75. The summed E-state index contributed by atoms with van der Waals surface area (Å²) in [5.74, 6) is 0.763. The van der Waals surface area contributed by atoms with Crippen molar-refractivity contribution >= 4 is 11.7 Å². The van der Waals surface area contributed by atoms with Crippen LogP contribution >= 0.6 is 0 Å². The van der Waals surface area contributed by atoms with Crippen LogP contribution in [0.25, 0.3) is 0 Å². The van der Waals surface area contributed by atoms with E-state index in [0.29, 0.717) is 6.61 Å². The van der Waals surface area contributed by atoms with Gasteiger partial charge in [-0.3, -0.25) is 4.90 Å². The summed E-state index contributed by atoms with van der Waals surface area (Å²) in [5.41, 5.74) is 0.172. The number of carbonyl (C=O) groups is 1. The van der Waals surface area contributed by atoms with Crippen LogP contribution in [0, 0.1) is 0 Å². The molecule has 2 rings (SSSR count). The molecule has 1 aliphatic heterocycles. The van der Waals surface area contributed by atoms with Crippen LogP contribution in [0.4, 0.5) is 10.5 Å². The summed E-state index contributed by atoms with van der Waals surface area (Å²) in [6.07, 6.45) is 0.874. The van der Waals surface area contributed by atoms with Gasteiger partial charge in [0.25, 0.3) is 0 Å². The maximum Gasteiger partial charge on any atom is 0.324 e. The number of hydrogen-bond donors (Lipinski definition) is 1. The van der Waals surface area contributed by atoms with E-state index in [2.05, 4.69) is 12.2 Å². The molecule has 1 aromatic carbocycles. The normalized spacial score (nSPS) is 20.8. The van der Waals surface area contributed by atoms with Gasteiger partial charge in [-0.1, -0.05) is 6.92 Å². The molecule has 1 atom stereocenters. The van der Waals surface area contributed by atoms with Gasteiger partial charge in [0.05, 0.1) is 19.8 Å². The largest absolute Gasteiger partial charge is 0.497 e. The molecular weight excluding hydrogens is 256 g/mol. The van der Waals surface area contributed by atoms with Crippen molar-refractivity contribution in [1.29, 1.82) is 0 Å².